The highest BCUT2D eigenvalue weighted by Crippen LogP contribution is 2.36. The van der Waals surface area contributed by atoms with E-state index in [0.29, 0.717) is 36.6 Å². The highest BCUT2D eigenvalue weighted by Gasteiger charge is 2.36. The fraction of sp³-hybridized carbons (Fsp3) is 0.344. The summed E-state index contributed by atoms with van der Waals surface area (Å²) in [5.41, 5.74) is -0.180. The summed E-state index contributed by atoms with van der Waals surface area (Å²) in [6, 6.07) is 9.67. The van der Waals surface area contributed by atoms with Crippen LogP contribution in [0.4, 0.5) is 34.9 Å². The van der Waals surface area contributed by atoms with Crippen molar-refractivity contribution in [3.63, 3.8) is 0 Å². The zero-order chi connectivity index (χ0) is 35.5. The molecule has 0 saturated carbocycles. The van der Waals surface area contributed by atoms with Crippen molar-refractivity contribution in [2.45, 2.75) is 36.1 Å². The van der Waals surface area contributed by atoms with E-state index in [1.165, 1.54) is 32.8 Å². The van der Waals surface area contributed by atoms with Crippen LogP contribution in [-0.4, -0.2) is 81.8 Å². The van der Waals surface area contributed by atoms with Gasteiger partial charge in [0.05, 0.1) is 37.0 Å². The predicted octanol–water partition coefficient (Wildman–Crippen LogP) is 5.72. The lowest BCUT2D eigenvalue weighted by molar-refractivity contribution is -0.137. The first-order valence-electron chi connectivity index (χ1n) is 14.9. The van der Waals surface area contributed by atoms with Crippen molar-refractivity contribution in [3.05, 3.63) is 89.2 Å². The number of rotatable bonds is 11. The van der Waals surface area contributed by atoms with E-state index in [1.807, 2.05) is 19.0 Å². The average Bonchev–Trinajstić information content (AvgIpc) is 3.08. The summed E-state index contributed by atoms with van der Waals surface area (Å²) in [7, 11) is 1.95. The number of nitrogens with zero attached hydrogens (tertiary/aromatic N) is 6. The van der Waals surface area contributed by atoms with Crippen molar-refractivity contribution in [3.8, 4) is 11.5 Å². The first-order chi connectivity index (χ1) is 23.2. The molecule has 1 aliphatic rings. The molecule has 1 saturated heterocycles. The molecule has 2 aromatic heterocycles. The van der Waals surface area contributed by atoms with Gasteiger partial charge in [0, 0.05) is 55.3 Å². The molecule has 3 heterocycles. The monoisotopic (exact) mass is 723 g/mol. The topological polar surface area (TPSA) is 113 Å². The molecule has 2 aromatic carbocycles. The number of piperidine rings is 1. The predicted molar refractivity (Wildman–Crippen MR) is 177 cm³/mol. The Morgan fingerprint density at radius 3 is 2.47 bits per heavy atom. The zero-order valence-electron chi connectivity index (χ0n) is 26.9. The average molecular weight is 724 g/mol. The summed E-state index contributed by atoms with van der Waals surface area (Å²) in [5, 5.41) is 3.18. The van der Waals surface area contributed by atoms with E-state index >= 15 is 4.39 Å². The van der Waals surface area contributed by atoms with Gasteiger partial charge in [0.15, 0.2) is 0 Å². The maximum Gasteiger partial charge on any atom is 0.416 e. The number of benzene rings is 2. The van der Waals surface area contributed by atoms with E-state index in [9.17, 15) is 21.6 Å². The van der Waals surface area contributed by atoms with Crippen LogP contribution in [0.15, 0.2) is 72.1 Å². The van der Waals surface area contributed by atoms with Crippen molar-refractivity contribution >= 4 is 38.9 Å². The van der Waals surface area contributed by atoms with Crippen molar-refractivity contribution in [1.29, 1.82) is 0 Å². The normalized spacial score (nSPS) is 16.8. The number of sulfonamides is 1. The van der Waals surface area contributed by atoms with Crippen LogP contribution in [0.25, 0.3) is 0 Å². The lowest BCUT2D eigenvalue weighted by Gasteiger charge is -2.43. The van der Waals surface area contributed by atoms with Gasteiger partial charge in [0.1, 0.15) is 40.2 Å². The Morgan fingerprint density at radius 2 is 1.82 bits per heavy atom. The smallest absolute Gasteiger partial charge is 0.416 e. The minimum Gasteiger partial charge on any atom is -0.497 e. The number of halogens is 5. The Labute approximate surface area is 286 Å². The largest absolute Gasteiger partial charge is 0.497 e. The number of hydrogen-bond donors (Lipinski definition) is 1. The second-order valence-corrected chi connectivity index (χ2v) is 13.7. The molecule has 1 unspecified atom stereocenters. The van der Waals surface area contributed by atoms with Crippen molar-refractivity contribution < 1.29 is 35.5 Å². The van der Waals surface area contributed by atoms with Crippen molar-refractivity contribution in [2.24, 2.45) is 0 Å². The third-order valence-electron chi connectivity index (χ3n) is 8.20. The molecule has 0 spiro atoms. The number of methoxy groups -OCH3 is 2. The van der Waals surface area contributed by atoms with E-state index in [0.717, 1.165) is 34.8 Å². The van der Waals surface area contributed by atoms with Crippen LogP contribution in [0.2, 0.25) is 5.02 Å². The summed E-state index contributed by atoms with van der Waals surface area (Å²) in [6.45, 7) is 0.396. The number of hydrogen-bond acceptors (Lipinski definition) is 10. The standard InChI is InChI=1S/C32H34ClF4N7O4S/c1-42(2)27-18-43(31-13-21(7-11-39-31)32(35,36)37)12-9-25(27)41-26-16-24(34)29(15-23(26)33)49(45,46)44(30-8-10-38-19-40-30)17-20-5-6-22(47-3)14-28(20)48-4/h5-8,10-11,13-16,19,25,27,41H,9,12,17-18H2,1-4H3/t25?,27-/m0/s1. The van der Waals surface area contributed by atoms with E-state index in [-0.39, 0.29) is 41.0 Å². The van der Waals surface area contributed by atoms with Gasteiger partial charge < -0.3 is 24.6 Å². The molecule has 5 rings (SSSR count). The van der Waals surface area contributed by atoms with Crippen LogP contribution in [0.5, 0.6) is 11.5 Å². The fourth-order valence-corrected chi connectivity index (χ4v) is 7.37. The van der Waals surface area contributed by atoms with Crippen molar-refractivity contribution in [2.75, 3.05) is 55.9 Å². The molecule has 262 valence electrons. The maximum atomic E-state index is 15.9. The molecule has 1 N–H and O–H groups in total. The number of nitrogens with one attached hydrogen (secondary N) is 1. The van der Waals surface area contributed by atoms with Crippen LogP contribution >= 0.6 is 11.6 Å². The number of alkyl halides is 3. The fourth-order valence-electron chi connectivity index (χ4n) is 5.61. The Morgan fingerprint density at radius 1 is 1.04 bits per heavy atom. The maximum absolute atomic E-state index is 15.9. The third-order valence-corrected chi connectivity index (χ3v) is 10.3. The Hall–Kier alpha value is -4.41. The molecule has 0 amide bonds. The molecule has 0 radical (unpaired) electrons. The second kappa shape index (κ2) is 14.6. The highest BCUT2D eigenvalue weighted by molar-refractivity contribution is 7.92. The lowest BCUT2D eigenvalue weighted by atomic mass is 9.97. The van der Waals surface area contributed by atoms with Crippen LogP contribution in [0.1, 0.15) is 17.5 Å². The number of aromatic nitrogens is 3. The quantitative estimate of drug-likeness (QED) is 0.193. The SMILES string of the molecule is COc1ccc(CN(c2ccncn2)S(=O)(=O)c2cc(Cl)c(NC3CCN(c4cc(C(F)(F)F)ccn4)C[C@@H]3N(C)C)cc2F)c(OC)c1. The van der Waals surface area contributed by atoms with Crippen LogP contribution in [0.3, 0.4) is 0 Å². The van der Waals surface area contributed by atoms with Gasteiger partial charge in [-0.25, -0.2) is 32.1 Å². The van der Waals surface area contributed by atoms with Crippen molar-refractivity contribution in [1.82, 2.24) is 19.9 Å². The first-order valence-corrected chi connectivity index (χ1v) is 16.7. The summed E-state index contributed by atoms with van der Waals surface area (Å²) >= 11 is 6.62. The van der Waals surface area contributed by atoms with Gasteiger partial charge >= 0.3 is 6.18 Å². The lowest BCUT2D eigenvalue weighted by Crippen LogP contribution is -2.56. The molecule has 49 heavy (non-hydrogen) atoms. The van der Waals surface area contributed by atoms with Gasteiger partial charge in [-0.15, -0.1) is 0 Å². The molecule has 1 aliphatic heterocycles. The van der Waals surface area contributed by atoms with Gasteiger partial charge in [-0.2, -0.15) is 13.2 Å². The highest BCUT2D eigenvalue weighted by atomic mass is 35.5. The molecule has 17 heteroatoms. The van der Waals surface area contributed by atoms with Crippen LogP contribution in [-0.2, 0) is 22.7 Å². The molecule has 2 atom stereocenters. The minimum atomic E-state index is -4.61. The molecule has 0 bridgehead atoms. The Bertz CT molecular complexity index is 1890. The van der Waals surface area contributed by atoms with E-state index in [1.54, 1.807) is 23.1 Å². The van der Waals surface area contributed by atoms with E-state index in [4.69, 9.17) is 21.1 Å². The third kappa shape index (κ3) is 7.92. The molecule has 1 fully saturated rings. The van der Waals surface area contributed by atoms with Gasteiger partial charge in [-0.05, 0) is 56.9 Å². The minimum absolute atomic E-state index is 0.0126. The molecule has 4 aromatic rings. The van der Waals surface area contributed by atoms with Gasteiger partial charge in [-0.3, -0.25) is 0 Å². The first kappa shape index (κ1) is 35.9. The van der Waals surface area contributed by atoms with Crippen LogP contribution < -0.4 is 24.0 Å². The molecule has 0 aliphatic carbocycles. The van der Waals surface area contributed by atoms with Gasteiger partial charge in [0.2, 0.25) is 0 Å². The summed E-state index contributed by atoms with van der Waals surface area (Å²) in [5.74, 6) is -0.0372. The Kier molecular flexibility index (Phi) is 10.7. The number of pyridine rings is 1. The second-order valence-electron chi connectivity index (χ2n) is 11.4. The Balaban J connectivity index is 1.42. The number of likely N-dealkylation sites (N-methyl/N-ethyl adjacent to an activating group) is 1. The number of anilines is 3. The van der Waals surface area contributed by atoms with E-state index in [2.05, 4.69) is 20.3 Å². The van der Waals surface area contributed by atoms with Gasteiger partial charge in [-0.1, -0.05) is 11.6 Å². The summed E-state index contributed by atoms with van der Waals surface area (Å²) in [6.07, 6.45) is -0.404. The molecule has 11 nitrogen and oxygen atoms in total. The van der Waals surface area contributed by atoms with Gasteiger partial charge in [0.25, 0.3) is 10.0 Å². The molecular formula is C32H34ClF4N7O4S. The summed E-state index contributed by atoms with van der Waals surface area (Å²) in [4.78, 5) is 15.1. The zero-order valence-corrected chi connectivity index (χ0v) is 28.5. The summed E-state index contributed by atoms with van der Waals surface area (Å²) < 4.78 is 95.8. The number of ether oxygens (including phenoxy) is 2. The van der Waals surface area contributed by atoms with Crippen LogP contribution in [0, 0.1) is 5.82 Å². The van der Waals surface area contributed by atoms with E-state index < -0.39 is 32.5 Å². The molecular weight excluding hydrogens is 690 g/mol.